The van der Waals surface area contributed by atoms with Crippen LogP contribution in [0.4, 0.5) is 5.69 Å². The maximum atomic E-state index is 11.4. The fourth-order valence-electron chi connectivity index (χ4n) is 1.61. The molecule has 2 rings (SSSR count). The standard InChI is InChI=1S/C12H10N2O2/c1-16-11-4-2-9(3-5-11)14-10(6-7-13)8-12(14)15/h2-6H,8H2,1H3/b10-6-. The Hall–Kier alpha value is -2.28. The molecule has 4 nitrogen and oxygen atoms in total. The summed E-state index contributed by atoms with van der Waals surface area (Å²) in [6.07, 6.45) is 1.73. The number of allylic oxidation sites excluding steroid dienone is 1. The first-order chi connectivity index (χ1) is 7.76. The van der Waals surface area contributed by atoms with Crippen LogP contribution < -0.4 is 9.64 Å². The van der Waals surface area contributed by atoms with E-state index in [1.807, 2.05) is 6.07 Å². The molecule has 0 unspecified atom stereocenters. The van der Waals surface area contributed by atoms with E-state index in [1.165, 1.54) is 11.0 Å². The van der Waals surface area contributed by atoms with Crippen LogP contribution in [-0.4, -0.2) is 13.0 Å². The molecule has 0 N–H and O–H groups in total. The predicted octanol–water partition coefficient (Wildman–Crippen LogP) is 1.84. The lowest BCUT2D eigenvalue weighted by Crippen LogP contribution is -2.41. The Kier molecular flexibility index (Phi) is 2.61. The lowest BCUT2D eigenvalue weighted by molar-refractivity contribution is -0.120. The topological polar surface area (TPSA) is 53.3 Å². The second-order valence-electron chi connectivity index (χ2n) is 3.37. The fourth-order valence-corrected chi connectivity index (χ4v) is 1.61. The summed E-state index contributed by atoms with van der Waals surface area (Å²) < 4.78 is 5.03. The number of hydrogen-bond acceptors (Lipinski definition) is 3. The van der Waals surface area contributed by atoms with Crippen molar-refractivity contribution in [1.29, 1.82) is 5.26 Å². The summed E-state index contributed by atoms with van der Waals surface area (Å²) in [6.45, 7) is 0. The van der Waals surface area contributed by atoms with E-state index >= 15 is 0 Å². The Balaban J connectivity index is 2.27. The summed E-state index contributed by atoms with van der Waals surface area (Å²) in [5.74, 6) is 0.745. The lowest BCUT2D eigenvalue weighted by atomic mass is 10.1. The number of rotatable bonds is 2. The van der Waals surface area contributed by atoms with Gasteiger partial charge in [-0.3, -0.25) is 9.69 Å². The molecule has 1 aliphatic rings. The molecule has 1 aromatic rings. The Morgan fingerprint density at radius 2 is 2.12 bits per heavy atom. The summed E-state index contributed by atoms with van der Waals surface area (Å²) in [5.41, 5.74) is 1.50. The second kappa shape index (κ2) is 4.07. The van der Waals surface area contributed by atoms with Crippen molar-refractivity contribution in [2.24, 2.45) is 0 Å². The number of β-lactam (4-membered cyclic amide) rings is 1. The number of nitriles is 1. The third kappa shape index (κ3) is 1.63. The van der Waals surface area contributed by atoms with Crippen LogP contribution in [0.3, 0.4) is 0 Å². The molecule has 1 saturated heterocycles. The molecule has 0 radical (unpaired) electrons. The zero-order valence-electron chi connectivity index (χ0n) is 8.80. The van der Waals surface area contributed by atoms with E-state index in [1.54, 1.807) is 31.4 Å². The Morgan fingerprint density at radius 3 is 2.62 bits per heavy atom. The van der Waals surface area contributed by atoms with Gasteiger partial charge in [-0.25, -0.2) is 0 Å². The maximum absolute atomic E-state index is 11.4. The third-order valence-corrected chi connectivity index (χ3v) is 2.43. The smallest absolute Gasteiger partial charge is 0.237 e. The number of benzene rings is 1. The van der Waals surface area contributed by atoms with Crippen LogP contribution in [0, 0.1) is 11.3 Å². The van der Waals surface area contributed by atoms with Gasteiger partial charge >= 0.3 is 0 Å². The van der Waals surface area contributed by atoms with Crippen LogP contribution in [0.5, 0.6) is 5.75 Å². The van der Waals surface area contributed by atoms with E-state index < -0.39 is 0 Å². The van der Waals surface area contributed by atoms with Crippen molar-refractivity contribution in [1.82, 2.24) is 0 Å². The molecule has 0 bridgehead atoms. The first-order valence-corrected chi connectivity index (χ1v) is 4.82. The molecule has 16 heavy (non-hydrogen) atoms. The molecule has 1 aliphatic heterocycles. The zero-order valence-corrected chi connectivity index (χ0v) is 8.80. The fraction of sp³-hybridized carbons (Fsp3) is 0.167. The summed E-state index contributed by atoms with van der Waals surface area (Å²) in [6, 6.07) is 9.08. The molecule has 80 valence electrons. The predicted molar refractivity (Wildman–Crippen MR) is 58.8 cm³/mol. The molecular formula is C12H10N2O2. The highest BCUT2D eigenvalue weighted by atomic mass is 16.5. The number of anilines is 1. The van der Waals surface area contributed by atoms with E-state index in [0.29, 0.717) is 6.42 Å². The van der Waals surface area contributed by atoms with Gasteiger partial charge in [0.15, 0.2) is 0 Å². The van der Waals surface area contributed by atoms with Crippen molar-refractivity contribution in [3.05, 3.63) is 36.0 Å². The van der Waals surface area contributed by atoms with Gasteiger partial charge in [-0.05, 0) is 24.3 Å². The van der Waals surface area contributed by atoms with Gasteiger partial charge in [0.05, 0.1) is 19.6 Å². The number of methoxy groups -OCH3 is 1. The van der Waals surface area contributed by atoms with E-state index in [9.17, 15) is 4.79 Å². The van der Waals surface area contributed by atoms with Gasteiger partial charge in [0, 0.05) is 17.5 Å². The molecular weight excluding hydrogens is 204 g/mol. The molecule has 0 aromatic heterocycles. The summed E-state index contributed by atoms with van der Waals surface area (Å²) in [4.78, 5) is 12.9. The van der Waals surface area contributed by atoms with Gasteiger partial charge in [-0.15, -0.1) is 0 Å². The molecule has 1 aromatic carbocycles. The molecule has 0 atom stereocenters. The van der Waals surface area contributed by atoms with Crippen molar-refractivity contribution in [2.75, 3.05) is 12.0 Å². The third-order valence-electron chi connectivity index (χ3n) is 2.43. The lowest BCUT2D eigenvalue weighted by Gasteiger charge is -2.33. The first kappa shape index (κ1) is 10.2. The van der Waals surface area contributed by atoms with Gasteiger partial charge in [-0.2, -0.15) is 5.26 Å². The number of nitrogens with zero attached hydrogens (tertiary/aromatic N) is 2. The summed E-state index contributed by atoms with van der Waals surface area (Å²) in [7, 11) is 1.59. The molecule has 1 heterocycles. The van der Waals surface area contributed by atoms with E-state index in [0.717, 1.165) is 17.1 Å². The largest absolute Gasteiger partial charge is 0.497 e. The highest BCUT2D eigenvalue weighted by Gasteiger charge is 2.31. The van der Waals surface area contributed by atoms with Crippen LogP contribution in [0.25, 0.3) is 0 Å². The Labute approximate surface area is 93.4 Å². The van der Waals surface area contributed by atoms with Crippen LogP contribution in [0.2, 0.25) is 0 Å². The van der Waals surface area contributed by atoms with Gasteiger partial charge in [0.2, 0.25) is 5.91 Å². The van der Waals surface area contributed by atoms with Crippen molar-refractivity contribution in [3.63, 3.8) is 0 Å². The highest BCUT2D eigenvalue weighted by molar-refractivity contribution is 6.05. The molecule has 1 fully saturated rings. The Bertz CT molecular complexity index is 483. The minimum Gasteiger partial charge on any atom is -0.497 e. The van der Waals surface area contributed by atoms with Gasteiger partial charge in [0.1, 0.15) is 5.75 Å². The normalized spacial score (nSPS) is 16.9. The monoisotopic (exact) mass is 214 g/mol. The number of amides is 1. The maximum Gasteiger partial charge on any atom is 0.237 e. The number of hydrogen-bond donors (Lipinski definition) is 0. The summed E-state index contributed by atoms with van der Waals surface area (Å²) in [5, 5.41) is 8.55. The molecule has 1 amide bonds. The molecule has 0 spiro atoms. The molecule has 0 saturated carbocycles. The SMILES string of the molecule is COc1ccc(N2C(=O)C/C2=C/C#N)cc1. The van der Waals surface area contributed by atoms with E-state index in [2.05, 4.69) is 0 Å². The van der Waals surface area contributed by atoms with E-state index in [4.69, 9.17) is 10.00 Å². The number of ether oxygens (including phenoxy) is 1. The average molecular weight is 214 g/mol. The Morgan fingerprint density at radius 1 is 1.44 bits per heavy atom. The van der Waals surface area contributed by atoms with Crippen molar-refractivity contribution in [2.45, 2.75) is 6.42 Å². The van der Waals surface area contributed by atoms with Crippen molar-refractivity contribution >= 4 is 11.6 Å². The number of carbonyl (C=O) groups excluding carboxylic acids is 1. The molecule has 0 aliphatic carbocycles. The highest BCUT2D eigenvalue weighted by Crippen LogP contribution is 2.31. The van der Waals surface area contributed by atoms with Crippen LogP contribution in [-0.2, 0) is 4.79 Å². The second-order valence-corrected chi connectivity index (χ2v) is 3.37. The van der Waals surface area contributed by atoms with Crippen LogP contribution in [0.1, 0.15) is 6.42 Å². The quantitative estimate of drug-likeness (QED) is 0.557. The van der Waals surface area contributed by atoms with Crippen molar-refractivity contribution < 1.29 is 9.53 Å². The zero-order chi connectivity index (χ0) is 11.5. The summed E-state index contributed by atoms with van der Waals surface area (Å²) >= 11 is 0. The van der Waals surface area contributed by atoms with Crippen molar-refractivity contribution in [3.8, 4) is 11.8 Å². The minimum absolute atomic E-state index is 0.00617. The minimum atomic E-state index is 0.00617. The number of carbonyl (C=O) groups is 1. The molecule has 4 heteroatoms. The van der Waals surface area contributed by atoms with Gasteiger partial charge in [0.25, 0.3) is 0 Å². The first-order valence-electron chi connectivity index (χ1n) is 4.82. The average Bonchev–Trinajstić information content (AvgIpc) is 2.29. The van der Waals surface area contributed by atoms with Crippen LogP contribution >= 0.6 is 0 Å². The van der Waals surface area contributed by atoms with Gasteiger partial charge < -0.3 is 4.74 Å². The van der Waals surface area contributed by atoms with Gasteiger partial charge in [-0.1, -0.05) is 0 Å². The van der Waals surface area contributed by atoms with E-state index in [-0.39, 0.29) is 5.91 Å². The van der Waals surface area contributed by atoms with Crippen LogP contribution in [0.15, 0.2) is 36.0 Å².